The van der Waals surface area contributed by atoms with Crippen molar-refractivity contribution < 1.29 is 5.11 Å². The average Bonchev–Trinajstić information content (AvgIpc) is 1.91. The minimum absolute atomic E-state index is 0.537. The van der Waals surface area contributed by atoms with Crippen molar-refractivity contribution in [2.75, 3.05) is 0 Å². The van der Waals surface area contributed by atoms with Gasteiger partial charge in [-0.25, -0.2) is 0 Å². The highest BCUT2D eigenvalue weighted by Crippen LogP contribution is 2.28. The summed E-state index contributed by atoms with van der Waals surface area (Å²) in [6, 6.07) is 0. The molecular formula is C11H18O. The van der Waals surface area contributed by atoms with Crippen LogP contribution < -0.4 is 0 Å². The van der Waals surface area contributed by atoms with E-state index in [9.17, 15) is 5.11 Å². The van der Waals surface area contributed by atoms with Crippen LogP contribution in [0.2, 0.25) is 0 Å². The zero-order chi connectivity index (χ0) is 9.19. The number of hydrogen-bond donors (Lipinski definition) is 1. The Balaban J connectivity index is 2.55. The molecule has 1 aliphatic rings. The molecule has 0 aromatic heterocycles. The van der Waals surface area contributed by atoms with Gasteiger partial charge in [-0.1, -0.05) is 23.8 Å². The molecule has 0 aromatic rings. The van der Waals surface area contributed by atoms with Gasteiger partial charge in [-0.05, 0) is 39.5 Å². The van der Waals surface area contributed by atoms with Crippen molar-refractivity contribution in [1.29, 1.82) is 0 Å². The second-order valence-electron chi connectivity index (χ2n) is 4.29. The van der Waals surface area contributed by atoms with E-state index in [1.807, 2.05) is 13.8 Å². The van der Waals surface area contributed by atoms with E-state index in [2.05, 4.69) is 25.2 Å². The summed E-state index contributed by atoms with van der Waals surface area (Å²) in [5.41, 5.74) is 0.852. The van der Waals surface area contributed by atoms with Gasteiger partial charge in [-0.2, -0.15) is 0 Å². The van der Waals surface area contributed by atoms with E-state index in [0.29, 0.717) is 5.92 Å². The van der Waals surface area contributed by atoms with Crippen molar-refractivity contribution in [1.82, 2.24) is 0 Å². The van der Waals surface area contributed by atoms with Crippen molar-refractivity contribution in [2.45, 2.75) is 39.2 Å². The Labute approximate surface area is 74.8 Å². The fraction of sp³-hybridized carbons (Fsp3) is 0.636. The predicted molar refractivity (Wildman–Crippen MR) is 51.9 cm³/mol. The van der Waals surface area contributed by atoms with Crippen LogP contribution in [0.5, 0.6) is 0 Å². The minimum Gasteiger partial charge on any atom is -0.390 e. The molecule has 0 amide bonds. The second-order valence-corrected chi connectivity index (χ2v) is 4.29. The van der Waals surface area contributed by atoms with Crippen LogP contribution in [0.25, 0.3) is 0 Å². The van der Waals surface area contributed by atoms with Gasteiger partial charge in [0.2, 0.25) is 0 Å². The quantitative estimate of drug-likeness (QED) is 0.668. The molecule has 0 radical (unpaired) electrons. The average molecular weight is 166 g/mol. The van der Waals surface area contributed by atoms with E-state index >= 15 is 0 Å². The molecule has 1 nitrogen and oxygen atoms in total. The molecule has 1 rings (SSSR count). The Hall–Kier alpha value is -0.560. The van der Waals surface area contributed by atoms with E-state index in [1.54, 1.807) is 0 Å². The van der Waals surface area contributed by atoms with Crippen LogP contribution in [-0.4, -0.2) is 10.7 Å². The molecule has 0 heterocycles. The fourth-order valence-electron chi connectivity index (χ4n) is 1.63. The van der Waals surface area contributed by atoms with E-state index in [1.165, 1.54) is 5.57 Å². The van der Waals surface area contributed by atoms with Gasteiger partial charge < -0.3 is 5.11 Å². The normalized spacial score (nSPS) is 24.0. The summed E-state index contributed by atoms with van der Waals surface area (Å²) in [4.78, 5) is 0. The maximum absolute atomic E-state index is 9.64. The standard InChI is InChI=1S/C11H18O/c1-9-6-4-5-7-10(9)8-11(2,3)12/h4-6,10,12H,7-8H2,1-3H3. The van der Waals surface area contributed by atoms with E-state index in [0.717, 1.165) is 12.8 Å². The Bertz CT molecular complexity index is 206. The maximum atomic E-state index is 9.64. The molecule has 0 saturated carbocycles. The third-order valence-corrected chi connectivity index (χ3v) is 2.31. The summed E-state index contributed by atoms with van der Waals surface area (Å²) in [6.07, 6.45) is 8.34. The molecule has 1 atom stereocenters. The molecule has 1 aliphatic carbocycles. The van der Waals surface area contributed by atoms with Crippen LogP contribution in [-0.2, 0) is 0 Å². The highest BCUT2D eigenvalue weighted by atomic mass is 16.3. The van der Waals surface area contributed by atoms with Crippen molar-refractivity contribution in [3.05, 3.63) is 23.8 Å². The first-order valence-electron chi connectivity index (χ1n) is 4.55. The molecule has 0 fully saturated rings. The number of hydrogen-bond acceptors (Lipinski definition) is 1. The monoisotopic (exact) mass is 166 g/mol. The third-order valence-electron chi connectivity index (χ3n) is 2.31. The van der Waals surface area contributed by atoms with E-state index < -0.39 is 5.60 Å². The van der Waals surface area contributed by atoms with Crippen molar-refractivity contribution in [3.63, 3.8) is 0 Å². The maximum Gasteiger partial charge on any atom is 0.0597 e. The smallest absolute Gasteiger partial charge is 0.0597 e. The number of aliphatic hydroxyl groups is 1. The van der Waals surface area contributed by atoms with Gasteiger partial charge in [0.25, 0.3) is 0 Å². The molecule has 1 heteroatoms. The minimum atomic E-state index is -0.537. The highest BCUT2D eigenvalue weighted by molar-refractivity contribution is 5.19. The fourth-order valence-corrected chi connectivity index (χ4v) is 1.63. The Kier molecular flexibility index (Phi) is 2.73. The molecule has 0 aliphatic heterocycles. The lowest BCUT2D eigenvalue weighted by atomic mass is 9.84. The van der Waals surface area contributed by atoms with Gasteiger partial charge in [0, 0.05) is 0 Å². The summed E-state index contributed by atoms with van der Waals surface area (Å²) >= 11 is 0. The van der Waals surface area contributed by atoms with Gasteiger partial charge in [0.15, 0.2) is 0 Å². The summed E-state index contributed by atoms with van der Waals surface area (Å²) in [6.45, 7) is 5.89. The lowest BCUT2D eigenvalue weighted by Gasteiger charge is -2.26. The van der Waals surface area contributed by atoms with Gasteiger partial charge in [0.05, 0.1) is 5.60 Å². The van der Waals surface area contributed by atoms with Crippen LogP contribution >= 0.6 is 0 Å². The first kappa shape index (κ1) is 9.53. The Morgan fingerprint density at radius 2 is 2.25 bits per heavy atom. The predicted octanol–water partition coefficient (Wildman–Crippen LogP) is 2.67. The molecular weight excluding hydrogens is 148 g/mol. The summed E-state index contributed by atoms with van der Waals surface area (Å²) < 4.78 is 0. The highest BCUT2D eigenvalue weighted by Gasteiger charge is 2.21. The Morgan fingerprint density at radius 1 is 1.58 bits per heavy atom. The molecule has 12 heavy (non-hydrogen) atoms. The van der Waals surface area contributed by atoms with Crippen molar-refractivity contribution in [2.24, 2.45) is 5.92 Å². The molecule has 1 N–H and O–H groups in total. The topological polar surface area (TPSA) is 20.2 Å². The van der Waals surface area contributed by atoms with Crippen LogP contribution in [0.15, 0.2) is 23.8 Å². The van der Waals surface area contributed by atoms with Gasteiger partial charge in [0.1, 0.15) is 0 Å². The lowest BCUT2D eigenvalue weighted by Crippen LogP contribution is -2.24. The molecule has 1 unspecified atom stereocenters. The number of allylic oxidation sites excluding steroid dienone is 4. The van der Waals surface area contributed by atoms with Gasteiger partial charge in [-0.15, -0.1) is 0 Å². The zero-order valence-electron chi connectivity index (χ0n) is 8.17. The van der Waals surface area contributed by atoms with Crippen LogP contribution in [0, 0.1) is 5.92 Å². The molecule has 0 spiro atoms. The largest absolute Gasteiger partial charge is 0.390 e. The van der Waals surface area contributed by atoms with Crippen LogP contribution in [0.1, 0.15) is 33.6 Å². The summed E-state index contributed by atoms with van der Waals surface area (Å²) in [5.74, 6) is 0.537. The first-order chi connectivity index (χ1) is 5.49. The molecule has 68 valence electrons. The van der Waals surface area contributed by atoms with Gasteiger partial charge >= 0.3 is 0 Å². The molecule has 0 aromatic carbocycles. The van der Waals surface area contributed by atoms with E-state index in [-0.39, 0.29) is 0 Å². The van der Waals surface area contributed by atoms with Gasteiger partial charge in [-0.3, -0.25) is 0 Å². The lowest BCUT2D eigenvalue weighted by molar-refractivity contribution is 0.0578. The van der Waals surface area contributed by atoms with Crippen molar-refractivity contribution >= 4 is 0 Å². The SMILES string of the molecule is CC1=CC=CCC1CC(C)(C)O. The summed E-state index contributed by atoms with van der Waals surface area (Å²) in [7, 11) is 0. The second kappa shape index (κ2) is 3.44. The summed E-state index contributed by atoms with van der Waals surface area (Å²) in [5, 5.41) is 9.64. The zero-order valence-corrected chi connectivity index (χ0v) is 8.17. The number of rotatable bonds is 2. The van der Waals surface area contributed by atoms with Crippen LogP contribution in [0.4, 0.5) is 0 Å². The van der Waals surface area contributed by atoms with Crippen LogP contribution in [0.3, 0.4) is 0 Å². The van der Waals surface area contributed by atoms with Crippen molar-refractivity contribution in [3.8, 4) is 0 Å². The molecule has 0 saturated heterocycles. The van der Waals surface area contributed by atoms with E-state index in [4.69, 9.17) is 0 Å². The first-order valence-corrected chi connectivity index (χ1v) is 4.55. The third kappa shape index (κ3) is 2.82. The Morgan fingerprint density at radius 3 is 2.75 bits per heavy atom. The molecule has 0 bridgehead atoms.